The molecule has 1 saturated heterocycles. The van der Waals surface area contributed by atoms with Crippen LogP contribution in [-0.2, 0) is 14.3 Å². The lowest BCUT2D eigenvalue weighted by molar-refractivity contribution is -0.159. The monoisotopic (exact) mass is 187 g/mol. The molecule has 2 amide bonds. The Kier molecular flexibility index (Phi) is 3.39. The molecule has 1 atom stereocenters. The van der Waals surface area contributed by atoms with E-state index < -0.39 is 0 Å². The van der Waals surface area contributed by atoms with Gasteiger partial charge in [0.15, 0.2) is 0 Å². The third-order valence-electron chi connectivity index (χ3n) is 1.86. The zero-order chi connectivity index (χ0) is 9.84. The van der Waals surface area contributed by atoms with E-state index in [1.165, 1.54) is 0 Å². The molecule has 5 heteroatoms. The Morgan fingerprint density at radius 3 is 2.46 bits per heavy atom. The van der Waals surface area contributed by atoms with Crippen LogP contribution in [0.15, 0.2) is 0 Å². The third-order valence-corrected chi connectivity index (χ3v) is 1.86. The van der Waals surface area contributed by atoms with Gasteiger partial charge in [0.1, 0.15) is 13.2 Å². The molecule has 1 aliphatic heterocycles. The molecule has 0 aromatic carbocycles. The van der Waals surface area contributed by atoms with Crippen molar-refractivity contribution in [3.63, 3.8) is 0 Å². The Hall–Kier alpha value is -0.940. The lowest BCUT2D eigenvalue weighted by Gasteiger charge is -2.26. The van der Waals surface area contributed by atoms with Crippen LogP contribution in [0.25, 0.3) is 0 Å². The number of aliphatic hydroxyl groups excluding tert-OH is 1. The van der Waals surface area contributed by atoms with Gasteiger partial charge in [-0.05, 0) is 5.92 Å². The number of hydrogen-bond donors (Lipinski definition) is 1. The minimum atomic E-state index is -0.323. The topological polar surface area (TPSA) is 66.8 Å². The smallest absolute Gasteiger partial charge is 0.255 e. The number of rotatable bonds is 3. The second-order valence-corrected chi connectivity index (χ2v) is 3.18. The zero-order valence-electron chi connectivity index (χ0n) is 7.52. The van der Waals surface area contributed by atoms with Crippen LogP contribution in [0.4, 0.5) is 0 Å². The van der Waals surface area contributed by atoms with Crippen LogP contribution in [0.2, 0.25) is 0 Å². The molecule has 1 unspecified atom stereocenters. The highest BCUT2D eigenvalue weighted by molar-refractivity contribution is 5.98. The molecule has 0 spiro atoms. The molecule has 1 heterocycles. The predicted octanol–water partition coefficient (Wildman–Crippen LogP) is -1.000. The highest BCUT2D eigenvalue weighted by Gasteiger charge is 2.27. The third kappa shape index (κ3) is 2.50. The van der Waals surface area contributed by atoms with Gasteiger partial charge in [-0.3, -0.25) is 14.5 Å². The van der Waals surface area contributed by atoms with Crippen molar-refractivity contribution in [2.75, 3.05) is 26.4 Å². The first kappa shape index (κ1) is 10.1. The maximum absolute atomic E-state index is 11.2. The van der Waals surface area contributed by atoms with E-state index >= 15 is 0 Å². The number of aliphatic hydroxyl groups is 1. The molecule has 0 bridgehead atoms. The summed E-state index contributed by atoms with van der Waals surface area (Å²) < 4.78 is 4.74. The van der Waals surface area contributed by atoms with Crippen LogP contribution in [0.3, 0.4) is 0 Å². The summed E-state index contributed by atoms with van der Waals surface area (Å²) in [5.41, 5.74) is 0. The minimum absolute atomic E-state index is 0.0298. The lowest BCUT2D eigenvalue weighted by Crippen LogP contribution is -2.48. The molecule has 5 nitrogen and oxygen atoms in total. The molecule has 0 aliphatic carbocycles. The lowest BCUT2D eigenvalue weighted by atomic mass is 10.2. The summed E-state index contributed by atoms with van der Waals surface area (Å²) in [4.78, 5) is 23.5. The van der Waals surface area contributed by atoms with Crippen LogP contribution < -0.4 is 0 Å². The molecule has 0 radical (unpaired) electrons. The van der Waals surface area contributed by atoms with Gasteiger partial charge in [-0.1, -0.05) is 6.92 Å². The number of imide groups is 1. The van der Waals surface area contributed by atoms with Crippen molar-refractivity contribution in [3.8, 4) is 0 Å². The highest BCUT2D eigenvalue weighted by atomic mass is 16.5. The van der Waals surface area contributed by atoms with Crippen molar-refractivity contribution in [2.24, 2.45) is 5.92 Å². The average molecular weight is 187 g/mol. The van der Waals surface area contributed by atoms with Crippen molar-refractivity contribution < 1.29 is 19.4 Å². The van der Waals surface area contributed by atoms with E-state index in [9.17, 15) is 9.59 Å². The van der Waals surface area contributed by atoms with Crippen molar-refractivity contribution in [3.05, 3.63) is 0 Å². The molecule has 1 fully saturated rings. The molecule has 0 aromatic rings. The van der Waals surface area contributed by atoms with Crippen molar-refractivity contribution >= 4 is 11.8 Å². The maximum atomic E-state index is 11.2. The van der Waals surface area contributed by atoms with Crippen molar-refractivity contribution in [2.45, 2.75) is 6.92 Å². The van der Waals surface area contributed by atoms with E-state index in [2.05, 4.69) is 0 Å². The summed E-state index contributed by atoms with van der Waals surface area (Å²) >= 11 is 0. The van der Waals surface area contributed by atoms with Crippen LogP contribution >= 0.6 is 0 Å². The molecule has 1 N–H and O–H groups in total. The molecular formula is C8H13NO4. The van der Waals surface area contributed by atoms with Crippen LogP contribution in [-0.4, -0.2) is 48.2 Å². The van der Waals surface area contributed by atoms with Gasteiger partial charge in [-0.15, -0.1) is 0 Å². The van der Waals surface area contributed by atoms with E-state index in [-0.39, 0.29) is 44.1 Å². The van der Waals surface area contributed by atoms with E-state index in [1.54, 1.807) is 6.92 Å². The van der Waals surface area contributed by atoms with E-state index in [1.807, 2.05) is 0 Å². The van der Waals surface area contributed by atoms with Gasteiger partial charge in [0.25, 0.3) is 11.8 Å². The zero-order valence-corrected chi connectivity index (χ0v) is 7.52. The fraction of sp³-hybridized carbons (Fsp3) is 0.750. The molecule has 1 rings (SSSR count). The van der Waals surface area contributed by atoms with E-state index in [0.29, 0.717) is 0 Å². The average Bonchev–Trinajstić information content (AvgIpc) is 2.11. The molecular weight excluding hydrogens is 174 g/mol. The minimum Gasteiger partial charge on any atom is -0.396 e. The van der Waals surface area contributed by atoms with Crippen molar-refractivity contribution in [1.82, 2.24) is 4.90 Å². The van der Waals surface area contributed by atoms with Gasteiger partial charge >= 0.3 is 0 Å². The van der Waals surface area contributed by atoms with Gasteiger partial charge in [-0.25, -0.2) is 0 Å². The molecule has 0 aromatic heterocycles. The Bertz CT molecular complexity index is 200. The summed E-state index contributed by atoms with van der Waals surface area (Å²) in [5.74, 6) is -0.723. The van der Waals surface area contributed by atoms with Gasteiger partial charge < -0.3 is 9.84 Å². The largest absolute Gasteiger partial charge is 0.396 e. The molecule has 0 saturated carbocycles. The summed E-state index contributed by atoms with van der Waals surface area (Å²) in [7, 11) is 0. The first-order valence-corrected chi connectivity index (χ1v) is 4.17. The number of carbonyl (C=O) groups excluding carboxylic acids is 2. The number of morpholine rings is 1. The van der Waals surface area contributed by atoms with Crippen LogP contribution in [0, 0.1) is 5.92 Å². The fourth-order valence-electron chi connectivity index (χ4n) is 1.09. The van der Waals surface area contributed by atoms with E-state index in [0.717, 1.165) is 4.90 Å². The SMILES string of the molecule is CC(CO)CN1C(=O)COCC1=O. The first-order valence-electron chi connectivity index (χ1n) is 4.17. The second-order valence-electron chi connectivity index (χ2n) is 3.18. The Morgan fingerprint density at radius 2 is 2.00 bits per heavy atom. The molecule has 74 valence electrons. The number of nitrogens with zero attached hydrogens (tertiary/aromatic N) is 1. The van der Waals surface area contributed by atoms with Gasteiger partial charge in [0.05, 0.1) is 0 Å². The normalized spacial score (nSPS) is 20.6. The Balaban J connectivity index is 2.54. The Morgan fingerprint density at radius 1 is 1.46 bits per heavy atom. The number of carbonyl (C=O) groups is 2. The van der Waals surface area contributed by atoms with E-state index in [4.69, 9.17) is 9.84 Å². The van der Waals surface area contributed by atoms with Gasteiger partial charge in [-0.2, -0.15) is 0 Å². The fourth-order valence-corrected chi connectivity index (χ4v) is 1.09. The summed E-state index contributed by atoms with van der Waals surface area (Å²) in [6.07, 6.45) is 0. The number of hydrogen-bond acceptors (Lipinski definition) is 4. The summed E-state index contributed by atoms with van der Waals surface area (Å²) in [6.45, 7) is 1.94. The highest BCUT2D eigenvalue weighted by Crippen LogP contribution is 2.05. The Labute approximate surface area is 76.3 Å². The van der Waals surface area contributed by atoms with Crippen molar-refractivity contribution in [1.29, 1.82) is 0 Å². The number of amides is 2. The van der Waals surface area contributed by atoms with Gasteiger partial charge in [0.2, 0.25) is 0 Å². The standard InChI is InChI=1S/C8H13NO4/c1-6(3-10)2-9-7(11)4-13-5-8(9)12/h6,10H,2-5H2,1H3. The first-order chi connectivity index (χ1) is 6.15. The molecule has 1 aliphatic rings. The van der Waals surface area contributed by atoms with Crippen LogP contribution in [0.1, 0.15) is 6.92 Å². The number of ether oxygens (including phenoxy) is 1. The second kappa shape index (κ2) is 4.34. The summed E-state index contributed by atoms with van der Waals surface area (Å²) in [6, 6.07) is 0. The summed E-state index contributed by atoms with van der Waals surface area (Å²) in [5, 5.41) is 8.76. The van der Waals surface area contributed by atoms with Gasteiger partial charge in [0, 0.05) is 13.2 Å². The quantitative estimate of drug-likeness (QED) is 0.575. The predicted molar refractivity (Wildman–Crippen MR) is 43.8 cm³/mol. The van der Waals surface area contributed by atoms with Crippen LogP contribution in [0.5, 0.6) is 0 Å². The maximum Gasteiger partial charge on any atom is 0.255 e. The molecule has 13 heavy (non-hydrogen) atoms.